The highest BCUT2D eigenvalue weighted by Gasteiger charge is 2.17. The van der Waals surface area contributed by atoms with Crippen LogP contribution in [0.25, 0.3) is 0 Å². The smallest absolute Gasteiger partial charge is 0.0534 e. The third-order valence-corrected chi connectivity index (χ3v) is 3.29. The van der Waals surface area contributed by atoms with Crippen molar-refractivity contribution in [1.82, 2.24) is 15.1 Å². The molecule has 1 aliphatic rings. The fourth-order valence-corrected chi connectivity index (χ4v) is 2.44. The predicted molar refractivity (Wildman–Crippen MR) is 61.5 cm³/mol. The Bertz CT molecular complexity index is 306. The molecule has 0 aliphatic heterocycles. The second-order valence-corrected chi connectivity index (χ2v) is 4.87. The maximum atomic E-state index is 4.17. The average Bonchev–Trinajstić information content (AvgIpc) is 2.62. The average molecular weight is 207 g/mol. The van der Waals surface area contributed by atoms with Gasteiger partial charge < -0.3 is 5.32 Å². The van der Waals surface area contributed by atoms with E-state index in [0.29, 0.717) is 6.04 Å². The fourth-order valence-electron chi connectivity index (χ4n) is 2.44. The molecule has 1 saturated carbocycles. The minimum Gasteiger partial charge on any atom is -0.310 e. The first-order chi connectivity index (χ1) is 7.24. The Labute approximate surface area is 91.9 Å². The van der Waals surface area contributed by atoms with Crippen LogP contribution >= 0.6 is 0 Å². The van der Waals surface area contributed by atoms with Crippen molar-refractivity contribution < 1.29 is 0 Å². The maximum absolute atomic E-state index is 4.17. The van der Waals surface area contributed by atoms with Crippen LogP contribution in [0.4, 0.5) is 0 Å². The SMILES string of the molecule is C[C@H]1CCC[C@H](NCc2cnn(C)c2)C1. The van der Waals surface area contributed by atoms with E-state index in [1.807, 2.05) is 17.9 Å². The lowest BCUT2D eigenvalue weighted by atomic mass is 9.87. The topological polar surface area (TPSA) is 29.9 Å². The van der Waals surface area contributed by atoms with Gasteiger partial charge in [0.2, 0.25) is 0 Å². The monoisotopic (exact) mass is 207 g/mol. The summed E-state index contributed by atoms with van der Waals surface area (Å²) in [5.74, 6) is 0.894. The van der Waals surface area contributed by atoms with Gasteiger partial charge in [-0.15, -0.1) is 0 Å². The molecule has 0 radical (unpaired) electrons. The van der Waals surface area contributed by atoms with Crippen molar-refractivity contribution in [1.29, 1.82) is 0 Å². The molecule has 1 aromatic heterocycles. The first-order valence-corrected chi connectivity index (χ1v) is 5.95. The Morgan fingerprint density at radius 1 is 1.53 bits per heavy atom. The van der Waals surface area contributed by atoms with Crippen LogP contribution in [0.3, 0.4) is 0 Å². The highest BCUT2D eigenvalue weighted by molar-refractivity contribution is 5.03. The van der Waals surface area contributed by atoms with E-state index >= 15 is 0 Å². The van der Waals surface area contributed by atoms with E-state index in [-0.39, 0.29) is 0 Å². The molecule has 0 aromatic carbocycles. The zero-order chi connectivity index (χ0) is 10.7. The van der Waals surface area contributed by atoms with Crippen LogP contribution in [0, 0.1) is 5.92 Å². The zero-order valence-corrected chi connectivity index (χ0v) is 9.74. The highest BCUT2D eigenvalue weighted by Crippen LogP contribution is 2.23. The lowest BCUT2D eigenvalue weighted by Gasteiger charge is -2.27. The molecule has 1 aromatic rings. The molecule has 0 spiro atoms. The summed E-state index contributed by atoms with van der Waals surface area (Å²) in [6.07, 6.45) is 9.49. The number of rotatable bonds is 3. The quantitative estimate of drug-likeness (QED) is 0.822. The van der Waals surface area contributed by atoms with Gasteiger partial charge in [0.1, 0.15) is 0 Å². The second-order valence-electron chi connectivity index (χ2n) is 4.87. The van der Waals surface area contributed by atoms with E-state index in [0.717, 1.165) is 12.5 Å². The van der Waals surface area contributed by atoms with E-state index in [1.165, 1.54) is 31.2 Å². The number of aromatic nitrogens is 2. The molecule has 0 unspecified atom stereocenters. The highest BCUT2D eigenvalue weighted by atomic mass is 15.2. The molecule has 3 nitrogen and oxygen atoms in total. The van der Waals surface area contributed by atoms with Gasteiger partial charge in [0.25, 0.3) is 0 Å². The lowest BCUT2D eigenvalue weighted by Crippen LogP contribution is -2.32. The Kier molecular flexibility index (Phi) is 3.41. The van der Waals surface area contributed by atoms with Crippen molar-refractivity contribution in [3.05, 3.63) is 18.0 Å². The normalized spacial score (nSPS) is 26.8. The van der Waals surface area contributed by atoms with Crippen molar-refractivity contribution in [3.63, 3.8) is 0 Å². The molecule has 2 rings (SSSR count). The molecule has 1 heterocycles. The van der Waals surface area contributed by atoms with Crippen LogP contribution in [-0.4, -0.2) is 15.8 Å². The number of hydrogen-bond acceptors (Lipinski definition) is 2. The molecule has 1 fully saturated rings. The fraction of sp³-hybridized carbons (Fsp3) is 0.750. The molecular formula is C12H21N3. The van der Waals surface area contributed by atoms with Gasteiger partial charge in [-0.25, -0.2) is 0 Å². The summed E-state index contributed by atoms with van der Waals surface area (Å²) in [5.41, 5.74) is 1.29. The van der Waals surface area contributed by atoms with Gasteiger partial charge in [-0.3, -0.25) is 4.68 Å². The summed E-state index contributed by atoms with van der Waals surface area (Å²) in [7, 11) is 1.96. The van der Waals surface area contributed by atoms with Gasteiger partial charge >= 0.3 is 0 Å². The summed E-state index contributed by atoms with van der Waals surface area (Å²) in [6, 6.07) is 0.717. The van der Waals surface area contributed by atoms with Gasteiger partial charge in [0.05, 0.1) is 6.20 Å². The Morgan fingerprint density at radius 2 is 2.40 bits per heavy atom. The third kappa shape index (κ3) is 3.06. The summed E-state index contributed by atoms with van der Waals surface area (Å²) in [5, 5.41) is 7.80. The van der Waals surface area contributed by atoms with Crippen molar-refractivity contribution in [3.8, 4) is 0 Å². The molecule has 1 N–H and O–H groups in total. The molecule has 0 bridgehead atoms. The Hall–Kier alpha value is -0.830. The lowest BCUT2D eigenvalue weighted by molar-refractivity contribution is 0.300. The van der Waals surface area contributed by atoms with E-state index in [2.05, 4.69) is 23.5 Å². The van der Waals surface area contributed by atoms with Crippen LogP contribution in [0.5, 0.6) is 0 Å². The first-order valence-electron chi connectivity index (χ1n) is 5.95. The van der Waals surface area contributed by atoms with Gasteiger partial charge in [-0.05, 0) is 18.8 Å². The van der Waals surface area contributed by atoms with Crippen LogP contribution < -0.4 is 5.32 Å². The van der Waals surface area contributed by atoms with Gasteiger partial charge in [-0.2, -0.15) is 5.10 Å². The molecule has 3 heteroatoms. The molecule has 2 atom stereocenters. The summed E-state index contributed by atoms with van der Waals surface area (Å²) < 4.78 is 1.86. The number of hydrogen-bond donors (Lipinski definition) is 1. The molecule has 1 aliphatic carbocycles. The molecule has 0 amide bonds. The van der Waals surface area contributed by atoms with E-state index in [1.54, 1.807) is 0 Å². The number of aryl methyl sites for hydroxylation is 1. The summed E-state index contributed by atoms with van der Waals surface area (Å²) in [6.45, 7) is 3.32. The van der Waals surface area contributed by atoms with Crippen LogP contribution in [-0.2, 0) is 13.6 Å². The minimum atomic E-state index is 0.717. The van der Waals surface area contributed by atoms with E-state index in [4.69, 9.17) is 0 Å². The van der Waals surface area contributed by atoms with Gasteiger partial charge in [-0.1, -0.05) is 19.8 Å². The molecule has 15 heavy (non-hydrogen) atoms. The van der Waals surface area contributed by atoms with Gasteiger partial charge in [0.15, 0.2) is 0 Å². The second kappa shape index (κ2) is 4.79. The van der Waals surface area contributed by atoms with Crippen molar-refractivity contribution in [2.45, 2.75) is 45.2 Å². The van der Waals surface area contributed by atoms with Crippen LogP contribution in [0.15, 0.2) is 12.4 Å². The van der Waals surface area contributed by atoms with E-state index in [9.17, 15) is 0 Å². The van der Waals surface area contributed by atoms with Crippen molar-refractivity contribution >= 4 is 0 Å². The molecule has 84 valence electrons. The molecular weight excluding hydrogens is 186 g/mol. The minimum absolute atomic E-state index is 0.717. The van der Waals surface area contributed by atoms with Gasteiger partial charge in [0, 0.05) is 31.4 Å². The predicted octanol–water partition coefficient (Wildman–Crippen LogP) is 2.09. The first kappa shape index (κ1) is 10.7. The third-order valence-electron chi connectivity index (χ3n) is 3.29. The maximum Gasteiger partial charge on any atom is 0.0534 e. The Balaban J connectivity index is 1.77. The number of nitrogens with zero attached hydrogens (tertiary/aromatic N) is 2. The largest absolute Gasteiger partial charge is 0.310 e. The molecule has 0 saturated heterocycles. The zero-order valence-electron chi connectivity index (χ0n) is 9.74. The Morgan fingerprint density at radius 3 is 3.07 bits per heavy atom. The van der Waals surface area contributed by atoms with Crippen LogP contribution in [0.2, 0.25) is 0 Å². The van der Waals surface area contributed by atoms with Crippen molar-refractivity contribution in [2.75, 3.05) is 0 Å². The van der Waals surface area contributed by atoms with Crippen molar-refractivity contribution in [2.24, 2.45) is 13.0 Å². The summed E-state index contributed by atoms with van der Waals surface area (Å²) in [4.78, 5) is 0. The number of nitrogens with one attached hydrogen (secondary N) is 1. The standard InChI is InChI=1S/C12H21N3/c1-10-4-3-5-12(6-10)13-7-11-8-14-15(2)9-11/h8-10,12-13H,3-7H2,1-2H3/t10-,12-/m0/s1. The summed E-state index contributed by atoms with van der Waals surface area (Å²) >= 11 is 0. The van der Waals surface area contributed by atoms with Crippen LogP contribution in [0.1, 0.15) is 38.2 Å². The van der Waals surface area contributed by atoms with E-state index < -0.39 is 0 Å².